The number of nitrogens with zero attached hydrogens (tertiary/aromatic N) is 3. The fraction of sp³-hybridized carbons (Fsp3) is 0.667. The van der Waals surface area contributed by atoms with Crippen molar-refractivity contribution < 1.29 is 0 Å². The van der Waals surface area contributed by atoms with Crippen LogP contribution in [0.2, 0.25) is 0 Å². The van der Waals surface area contributed by atoms with Gasteiger partial charge in [-0.2, -0.15) is 0 Å². The van der Waals surface area contributed by atoms with E-state index in [1.165, 1.54) is 0 Å². The fourth-order valence-corrected chi connectivity index (χ4v) is 1.52. The van der Waals surface area contributed by atoms with Crippen LogP contribution in [0.15, 0.2) is 12.4 Å². The van der Waals surface area contributed by atoms with Crippen molar-refractivity contribution in [3.63, 3.8) is 0 Å². The first-order valence-electron chi connectivity index (χ1n) is 5.79. The zero-order chi connectivity index (χ0) is 11.3. The van der Waals surface area contributed by atoms with Crippen molar-refractivity contribution in [1.29, 1.82) is 0 Å². The molecular weight excluding hydrogens is 186 g/mol. The van der Waals surface area contributed by atoms with Gasteiger partial charge in [-0.25, -0.2) is 4.98 Å². The SMILES string of the molecule is CCC(C)c1cncc(N(CC)CC)n1. The van der Waals surface area contributed by atoms with Crippen LogP contribution in [0.25, 0.3) is 0 Å². The van der Waals surface area contributed by atoms with E-state index in [-0.39, 0.29) is 0 Å². The van der Waals surface area contributed by atoms with Crippen LogP contribution in [-0.4, -0.2) is 23.1 Å². The minimum absolute atomic E-state index is 0.494. The summed E-state index contributed by atoms with van der Waals surface area (Å²) in [6.07, 6.45) is 4.83. The maximum absolute atomic E-state index is 4.65. The van der Waals surface area contributed by atoms with E-state index in [2.05, 4.69) is 42.6 Å². The Morgan fingerprint density at radius 2 is 1.87 bits per heavy atom. The highest BCUT2D eigenvalue weighted by Gasteiger charge is 2.08. The first kappa shape index (κ1) is 12.0. The Hall–Kier alpha value is -1.12. The molecule has 0 saturated heterocycles. The number of hydrogen-bond acceptors (Lipinski definition) is 3. The van der Waals surface area contributed by atoms with Gasteiger partial charge < -0.3 is 4.90 Å². The van der Waals surface area contributed by atoms with Gasteiger partial charge in [-0.3, -0.25) is 4.98 Å². The molecule has 0 spiro atoms. The van der Waals surface area contributed by atoms with Crippen molar-refractivity contribution in [2.75, 3.05) is 18.0 Å². The van der Waals surface area contributed by atoms with E-state index in [9.17, 15) is 0 Å². The van der Waals surface area contributed by atoms with Crippen molar-refractivity contribution in [3.8, 4) is 0 Å². The summed E-state index contributed by atoms with van der Waals surface area (Å²) in [7, 11) is 0. The van der Waals surface area contributed by atoms with Crippen molar-refractivity contribution in [2.24, 2.45) is 0 Å². The third-order valence-electron chi connectivity index (χ3n) is 2.85. The predicted octanol–water partition coefficient (Wildman–Crippen LogP) is 2.84. The number of aromatic nitrogens is 2. The summed E-state index contributed by atoms with van der Waals surface area (Å²) >= 11 is 0. The van der Waals surface area contributed by atoms with E-state index in [0.29, 0.717) is 5.92 Å². The Morgan fingerprint density at radius 1 is 1.20 bits per heavy atom. The second-order valence-electron chi connectivity index (χ2n) is 3.78. The molecule has 3 heteroatoms. The molecule has 1 unspecified atom stereocenters. The summed E-state index contributed by atoms with van der Waals surface area (Å²) in [5, 5.41) is 0. The molecule has 1 aromatic rings. The Kier molecular flexibility index (Phi) is 4.53. The summed E-state index contributed by atoms with van der Waals surface area (Å²) in [5.74, 6) is 1.49. The smallest absolute Gasteiger partial charge is 0.147 e. The van der Waals surface area contributed by atoms with Crippen LogP contribution in [0, 0.1) is 0 Å². The second kappa shape index (κ2) is 5.69. The zero-order valence-electron chi connectivity index (χ0n) is 10.2. The van der Waals surface area contributed by atoms with Gasteiger partial charge in [0.05, 0.1) is 11.9 Å². The van der Waals surface area contributed by atoms with E-state index in [0.717, 1.165) is 31.0 Å². The van der Waals surface area contributed by atoms with Gasteiger partial charge in [0, 0.05) is 19.3 Å². The molecular formula is C12H21N3. The minimum Gasteiger partial charge on any atom is -0.356 e. The van der Waals surface area contributed by atoms with Gasteiger partial charge >= 0.3 is 0 Å². The topological polar surface area (TPSA) is 29.0 Å². The van der Waals surface area contributed by atoms with Gasteiger partial charge in [0.1, 0.15) is 5.82 Å². The Labute approximate surface area is 92.6 Å². The fourth-order valence-electron chi connectivity index (χ4n) is 1.52. The van der Waals surface area contributed by atoms with E-state index < -0.39 is 0 Å². The van der Waals surface area contributed by atoms with Crippen LogP contribution >= 0.6 is 0 Å². The van der Waals surface area contributed by atoms with E-state index >= 15 is 0 Å². The van der Waals surface area contributed by atoms with Crippen LogP contribution in [0.3, 0.4) is 0 Å². The maximum atomic E-state index is 4.65. The number of hydrogen-bond donors (Lipinski definition) is 0. The summed E-state index contributed by atoms with van der Waals surface area (Å²) in [4.78, 5) is 11.1. The molecule has 0 N–H and O–H groups in total. The molecule has 1 rings (SSSR count). The standard InChI is InChI=1S/C12H21N3/c1-5-10(4)11-8-13-9-12(14-11)15(6-2)7-3/h8-10H,5-7H2,1-4H3. The van der Waals surface area contributed by atoms with Gasteiger partial charge in [0.2, 0.25) is 0 Å². The highest BCUT2D eigenvalue weighted by molar-refractivity contribution is 5.36. The average Bonchev–Trinajstić information content (AvgIpc) is 2.30. The normalized spacial score (nSPS) is 12.5. The van der Waals surface area contributed by atoms with Gasteiger partial charge in [-0.05, 0) is 26.2 Å². The maximum Gasteiger partial charge on any atom is 0.147 e. The molecule has 0 amide bonds. The first-order valence-corrected chi connectivity index (χ1v) is 5.79. The lowest BCUT2D eigenvalue weighted by Gasteiger charge is -2.20. The summed E-state index contributed by atoms with van der Waals surface area (Å²) in [6, 6.07) is 0. The van der Waals surface area contributed by atoms with Crippen molar-refractivity contribution in [3.05, 3.63) is 18.1 Å². The molecule has 0 saturated carbocycles. The zero-order valence-corrected chi connectivity index (χ0v) is 10.2. The lowest BCUT2D eigenvalue weighted by atomic mass is 10.1. The summed E-state index contributed by atoms with van der Waals surface area (Å²) in [5.41, 5.74) is 1.10. The highest BCUT2D eigenvalue weighted by Crippen LogP contribution is 2.18. The molecule has 3 nitrogen and oxygen atoms in total. The van der Waals surface area contributed by atoms with Crippen molar-refractivity contribution in [1.82, 2.24) is 9.97 Å². The third kappa shape index (κ3) is 2.91. The van der Waals surface area contributed by atoms with Crippen LogP contribution < -0.4 is 4.90 Å². The lowest BCUT2D eigenvalue weighted by molar-refractivity contribution is 0.697. The Bertz CT molecular complexity index is 295. The largest absolute Gasteiger partial charge is 0.356 e. The van der Waals surface area contributed by atoms with E-state index in [1.54, 1.807) is 0 Å². The number of anilines is 1. The molecule has 0 bridgehead atoms. The lowest BCUT2D eigenvalue weighted by Crippen LogP contribution is -2.23. The molecule has 0 aliphatic rings. The number of rotatable bonds is 5. The summed E-state index contributed by atoms with van der Waals surface area (Å²) < 4.78 is 0. The molecule has 1 heterocycles. The first-order chi connectivity index (χ1) is 7.22. The van der Waals surface area contributed by atoms with Gasteiger partial charge in [0.25, 0.3) is 0 Å². The van der Waals surface area contributed by atoms with E-state index in [1.807, 2.05) is 12.4 Å². The molecule has 0 aliphatic heterocycles. The van der Waals surface area contributed by atoms with E-state index in [4.69, 9.17) is 0 Å². The van der Waals surface area contributed by atoms with Crippen LogP contribution in [0.5, 0.6) is 0 Å². The predicted molar refractivity (Wildman–Crippen MR) is 64.3 cm³/mol. The minimum atomic E-state index is 0.494. The third-order valence-corrected chi connectivity index (χ3v) is 2.85. The summed E-state index contributed by atoms with van der Waals surface area (Å²) in [6.45, 7) is 10.6. The highest BCUT2D eigenvalue weighted by atomic mass is 15.2. The molecule has 84 valence electrons. The van der Waals surface area contributed by atoms with Crippen molar-refractivity contribution in [2.45, 2.75) is 40.0 Å². The van der Waals surface area contributed by atoms with Crippen LogP contribution in [0.1, 0.15) is 45.7 Å². The Balaban J connectivity index is 2.91. The molecule has 0 radical (unpaired) electrons. The molecule has 1 atom stereocenters. The van der Waals surface area contributed by atoms with Crippen LogP contribution in [-0.2, 0) is 0 Å². The van der Waals surface area contributed by atoms with Crippen LogP contribution in [0.4, 0.5) is 5.82 Å². The molecule has 0 fully saturated rings. The molecule has 15 heavy (non-hydrogen) atoms. The van der Waals surface area contributed by atoms with Gasteiger partial charge in [-0.1, -0.05) is 13.8 Å². The monoisotopic (exact) mass is 207 g/mol. The quantitative estimate of drug-likeness (QED) is 0.743. The van der Waals surface area contributed by atoms with Gasteiger partial charge in [-0.15, -0.1) is 0 Å². The average molecular weight is 207 g/mol. The molecule has 1 aromatic heterocycles. The second-order valence-corrected chi connectivity index (χ2v) is 3.78. The Morgan fingerprint density at radius 3 is 2.40 bits per heavy atom. The van der Waals surface area contributed by atoms with Gasteiger partial charge in [0.15, 0.2) is 0 Å². The molecule has 0 aliphatic carbocycles. The molecule has 0 aromatic carbocycles. The van der Waals surface area contributed by atoms with Crippen molar-refractivity contribution >= 4 is 5.82 Å².